The summed E-state index contributed by atoms with van der Waals surface area (Å²) < 4.78 is 14.6. The molecular formula is C19H12FNOS2. The number of fused-ring (bicyclic) bond motifs is 1. The van der Waals surface area contributed by atoms with Gasteiger partial charge in [-0.1, -0.05) is 30.3 Å². The Kier molecular flexibility index (Phi) is 3.88. The summed E-state index contributed by atoms with van der Waals surface area (Å²) in [6, 6.07) is 18.2. The molecule has 0 aliphatic carbocycles. The van der Waals surface area contributed by atoms with Crippen molar-refractivity contribution < 1.29 is 9.18 Å². The fourth-order valence-electron chi connectivity index (χ4n) is 2.56. The fraction of sp³-hybridized carbons (Fsp3) is 0. The zero-order valence-electron chi connectivity index (χ0n) is 12.5. The van der Waals surface area contributed by atoms with E-state index in [-0.39, 0.29) is 11.7 Å². The topological polar surface area (TPSA) is 29.1 Å². The van der Waals surface area contributed by atoms with Gasteiger partial charge in [-0.3, -0.25) is 4.79 Å². The molecule has 2 aromatic carbocycles. The van der Waals surface area contributed by atoms with Gasteiger partial charge in [0.2, 0.25) is 0 Å². The number of nitrogens with one attached hydrogen (secondary N) is 1. The number of anilines is 1. The Morgan fingerprint density at radius 1 is 1.00 bits per heavy atom. The molecule has 0 unspecified atom stereocenters. The minimum atomic E-state index is -0.304. The maximum atomic E-state index is 13.8. The molecule has 0 fully saturated rings. The Labute approximate surface area is 146 Å². The van der Waals surface area contributed by atoms with Crippen LogP contribution in [0.4, 0.5) is 10.1 Å². The molecule has 2 aromatic heterocycles. The van der Waals surface area contributed by atoms with Gasteiger partial charge in [0.1, 0.15) is 5.82 Å². The van der Waals surface area contributed by atoms with Crippen LogP contribution < -0.4 is 5.32 Å². The Morgan fingerprint density at radius 2 is 1.88 bits per heavy atom. The van der Waals surface area contributed by atoms with Crippen LogP contribution in [-0.4, -0.2) is 5.91 Å². The summed E-state index contributed by atoms with van der Waals surface area (Å²) in [5, 5.41) is 5.44. The molecule has 0 aliphatic heterocycles. The van der Waals surface area contributed by atoms with Gasteiger partial charge < -0.3 is 5.32 Å². The molecule has 4 aromatic rings. The van der Waals surface area contributed by atoms with Gasteiger partial charge in [0, 0.05) is 26.2 Å². The number of hydrogen-bond donors (Lipinski definition) is 1. The van der Waals surface area contributed by atoms with Crippen molar-refractivity contribution in [2.75, 3.05) is 5.32 Å². The molecule has 118 valence electrons. The second-order valence-electron chi connectivity index (χ2n) is 5.24. The molecule has 0 aliphatic rings. The van der Waals surface area contributed by atoms with Crippen LogP contribution in [0.15, 0.2) is 66.0 Å². The number of carbonyl (C=O) groups excluding carboxylic acids is 1. The summed E-state index contributed by atoms with van der Waals surface area (Å²) in [4.78, 5) is 14.2. The minimum absolute atomic E-state index is 0.223. The molecule has 2 heterocycles. The lowest BCUT2D eigenvalue weighted by Crippen LogP contribution is -2.10. The zero-order valence-corrected chi connectivity index (χ0v) is 14.1. The molecule has 0 radical (unpaired) electrons. The van der Waals surface area contributed by atoms with Crippen molar-refractivity contribution in [2.24, 2.45) is 0 Å². The van der Waals surface area contributed by atoms with E-state index in [0.29, 0.717) is 10.3 Å². The highest BCUT2D eigenvalue weighted by molar-refractivity contribution is 7.20. The molecule has 24 heavy (non-hydrogen) atoms. The monoisotopic (exact) mass is 353 g/mol. The highest BCUT2D eigenvalue weighted by atomic mass is 32.1. The second-order valence-corrected chi connectivity index (χ2v) is 7.27. The fourth-order valence-corrected chi connectivity index (χ4v) is 4.30. The number of rotatable bonds is 3. The number of amides is 1. The number of halogens is 1. The lowest BCUT2D eigenvalue weighted by molar-refractivity contribution is 0.103. The van der Waals surface area contributed by atoms with Gasteiger partial charge in [-0.15, -0.1) is 22.7 Å². The van der Waals surface area contributed by atoms with Gasteiger partial charge in [0.25, 0.3) is 5.91 Å². The van der Waals surface area contributed by atoms with Crippen LogP contribution in [0.25, 0.3) is 20.5 Å². The number of hydrogen-bond acceptors (Lipinski definition) is 3. The van der Waals surface area contributed by atoms with Gasteiger partial charge >= 0.3 is 0 Å². The number of benzene rings is 2. The van der Waals surface area contributed by atoms with Crippen molar-refractivity contribution in [1.29, 1.82) is 0 Å². The Balaban J connectivity index is 1.68. The van der Waals surface area contributed by atoms with E-state index >= 15 is 0 Å². The summed E-state index contributed by atoms with van der Waals surface area (Å²) >= 11 is 2.91. The second kappa shape index (κ2) is 6.19. The third-order valence-electron chi connectivity index (χ3n) is 3.69. The van der Waals surface area contributed by atoms with Crippen LogP contribution in [0.5, 0.6) is 0 Å². The number of para-hydroxylation sites is 1. The van der Waals surface area contributed by atoms with Crippen molar-refractivity contribution in [2.45, 2.75) is 0 Å². The molecule has 2 nitrogen and oxygen atoms in total. The van der Waals surface area contributed by atoms with Gasteiger partial charge in [-0.2, -0.15) is 0 Å². The number of thiophene rings is 2. The predicted molar refractivity (Wildman–Crippen MR) is 99.5 cm³/mol. The molecular weight excluding hydrogens is 341 g/mol. The van der Waals surface area contributed by atoms with Gasteiger partial charge in [0.05, 0.1) is 4.88 Å². The Hall–Kier alpha value is -2.50. The standard InChI is InChI=1S/C19H12FNOS2/c20-14-6-3-8-17-13(14)11-18(24-17)19(22)21-15-7-2-1-5-12(15)16-9-4-10-23-16/h1-11H,(H,21,22). The largest absolute Gasteiger partial charge is 0.321 e. The smallest absolute Gasteiger partial charge is 0.265 e. The first-order valence-electron chi connectivity index (χ1n) is 7.35. The van der Waals surface area contributed by atoms with Crippen molar-refractivity contribution >= 4 is 44.4 Å². The van der Waals surface area contributed by atoms with Crippen molar-refractivity contribution in [3.8, 4) is 10.4 Å². The Bertz CT molecular complexity index is 1020. The van der Waals surface area contributed by atoms with Crippen molar-refractivity contribution in [3.05, 3.63) is 76.7 Å². The average Bonchev–Trinajstić information content (AvgIpc) is 3.25. The van der Waals surface area contributed by atoms with E-state index in [1.54, 1.807) is 23.5 Å². The third-order valence-corrected chi connectivity index (χ3v) is 5.70. The molecule has 0 saturated carbocycles. The summed E-state index contributed by atoms with van der Waals surface area (Å²) in [7, 11) is 0. The summed E-state index contributed by atoms with van der Waals surface area (Å²) in [5.74, 6) is -0.526. The van der Waals surface area contributed by atoms with Crippen LogP contribution >= 0.6 is 22.7 Å². The SMILES string of the molecule is O=C(Nc1ccccc1-c1cccs1)c1cc2c(F)cccc2s1. The molecule has 4 rings (SSSR count). The van der Waals surface area contributed by atoms with Crippen LogP contribution in [-0.2, 0) is 0 Å². The summed E-state index contributed by atoms with van der Waals surface area (Å²) in [5.41, 5.74) is 1.73. The maximum absolute atomic E-state index is 13.8. The van der Waals surface area contributed by atoms with E-state index in [0.717, 1.165) is 20.8 Å². The van der Waals surface area contributed by atoms with E-state index in [1.807, 2.05) is 47.8 Å². The molecule has 0 atom stereocenters. The first-order valence-corrected chi connectivity index (χ1v) is 9.04. The Morgan fingerprint density at radius 3 is 2.67 bits per heavy atom. The summed E-state index contributed by atoms with van der Waals surface area (Å²) in [6.07, 6.45) is 0. The van der Waals surface area contributed by atoms with Crippen molar-refractivity contribution in [1.82, 2.24) is 0 Å². The minimum Gasteiger partial charge on any atom is -0.321 e. The van der Waals surface area contributed by atoms with E-state index < -0.39 is 0 Å². The molecule has 5 heteroatoms. The summed E-state index contributed by atoms with van der Waals surface area (Å²) in [6.45, 7) is 0. The van der Waals surface area contributed by atoms with Crippen LogP contribution in [0.1, 0.15) is 9.67 Å². The average molecular weight is 353 g/mol. The van der Waals surface area contributed by atoms with Crippen LogP contribution in [0, 0.1) is 5.82 Å². The first kappa shape index (κ1) is 15.1. The number of carbonyl (C=O) groups is 1. The normalized spacial score (nSPS) is 10.9. The van der Waals surface area contributed by atoms with Crippen LogP contribution in [0.3, 0.4) is 0 Å². The van der Waals surface area contributed by atoms with E-state index in [9.17, 15) is 9.18 Å². The molecule has 1 N–H and O–H groups in total. The zero-order chi connectivity index (χ0) is 16.5. The highest BCUT2D eigenvalue weighted by Gasteiger charge is 2.14. The molecule has 0 spiro atoms. The quantitative estimate of drug-likeness (QED) is 0.479. The van der Waals surface area contributed by atoms with Gasteiger partial charge in [-0.05, 0) is 35.7 Å². The van der Waals surface area contributed by atoms with Gasteiger partial charge in [0.15, 0.2) is 0 Å². The molecule has 1 amide bonds. The van der Waals surface area contributed by atoms with E-state index in [1.165, 1.54) is 17.4 Å². The van der Waals surface area contributed by atoms with Gasteiger partial charge in [-0.25, -0.2) is 4.39 Å². The third kappa shape index (κ3) is 2.72. The first-order chi connectivity index (χ1) is 11.7. The van der Waals surface area contributed by atoms with Crippen LogP contribution in [0.2, 0.25) is 0 Å². The lowest BCUT2D eigenvalue weighted by Gasteiger charge is -2.08. The van der Waals surface area contributed by atoms with Crippen molar-refractivity contribution in [3.63, 3.8) is 0 Å². The maximum Gasteiger partial charge on any atom is 0.265 e. The molecule has 0 saturated heterocycles. The predicted octanol–water partition coefficient (Wildman–Crippen LogP) is 6.02. The van der Waals surface area contributed by atoms with E-state index in [2.05, 4.69) is 5.32 Å². The lowest BCUT2D eigenvalue weighted by atomic mass is 10.1. The van der Waals surface area contributed by atoms with E-state index in [4.69, 9.17) is 0 Å². The molecule has 0 bridgehead atoms. The highest BCUT2D eigenvalue weighted by Crippen LogP contribution is 2.33.